The van der Waals surface area contributed by atoms with E-state index in [1.807, 2.05) is 18.2 Å². The van der Waals surface area contributed by atoms with Gasteiger partial charge in [-0.3, -0.25) is 15.1 Å². The first-order valence-corrected chi connectivity index (χ1v) is 5.76. The number of fused-ring (bicyclic) bond motifs is 1. The Hall–Kier alpha value is -2.69. The lowest BCUT2D eigenvalue weighted by molar-refractivity contribution is -0.384. The third-order valence-electron chi connectivity index (χ3n) is 2.98. The van der Waals surface area contributed by atoms with Crippen molar-refractivity contribution in [2.45, 2.75) is 6.61 Å². The van der Waals surface area contributed by atoms with Crippen LogP contribution in [0.3, 0.4) is 0 Å². The number of ether oxygens (including phenoxy) is 1. The van der Waals surface area contributed by atoms with Gasteiger partial charge in [0.2, 0.25) is 0 Å². The molecule has 0 bridgehead atoms. The van der Waals surface area contributed by atoms with Crippen molar-refractivity contribution >= 4 is 11.3 Å². The third kappa shape index (κ3) is 2.06. The highest BCUT2D eigenvalue weighted by Gasteiger charge is 2.19. The Kier molecular flexibility index (Phi) is 2.72. The number of hydrogen-bond donors (Lipinski definition) is 0. The molecule has 0 fully saturated rings. The minimum absolute atomic E-state index is 0.0717. The van der Waals surface area contributed by atoms with Crippen LogP contribution in [0, 0.1) is 10.1 Å². The van der Waals surface area contributed by atoms with Crippen molar-refractivity contribution < 1.29 is 9.66 Å². The van der Waals surface area contributed by atoms with E-state index in [1.165, 1.54) is 6.07 Å². The molecule has 0 spiro atoms. The van der Waals surface area contributed by atoms with E-state index in [-0.39, 0.29) is 5.69 Å². The molecule has 0 unspecified atom stereocenters. The van der Waals surface area contributed by atoms with Gasteiger partial charge in [-0.15, -0.1) is 0 Å². The van der Waals surface area contributed by atoms with Gasteiger partial charge in [0.1, 0.15) is 6.61 Å². The summed E-state index contributed by atoms with van der Waals surface area (Å²) >= 11 is 0. The standard InChI is InChI=1S/C14H10N2O3/c17-16(18)11-5-4-10-8-19-9-13(12(10)7-11)14-3-1-2-6-15-14/h1-7,9H,8H2. The number of nitro benzene ring substituents is 1. The fraction of sp³-hybridized carbons (Fsp3) is 0.0714. The van der Waals surface area contributed by atoms with Crippen molar-refractivity contribution in [2.24, 2.45) is 0 Å². The summed E-state index contributed by atoms with van der Waals surface area (Å²) in [7, 11) is 0. The first-order valence-electron chi connectivity index (χ1n) is 5.76. The smallest absolute Gasteiger partial charge is 0.270 e. The molecule has 2 heterocycles. The van der Waals surface area contributed by atoms with E-state index in [4.69, 9.17) is 4.74 Å². The van der Waals surface area contributed by atoms with Gasteiger partial charge in [0.05, 0.1) is 16.9 Å². The second kappa shape index (κ2) is 4.53. The molecule has 0 aliphatic carbocycles. The van der Waals surface area contributed by atoms with Gasteiger partial charge in [-0.05, 0) is 23.8 Å². The number of non-ortho nitro benzene ring substituents is 1. The van der Waals surface area contributed by atoms with Gasteiger partial charge >= 0.3 is 0 Å². The predicted octanol–water partition coefficient (Wildman–Crippen LogP) is 2.91. The Balaban J connectivity index is 2.13. The number of hydrogen-bond acceptors (Lipinski definition) is 4. The molecule has 0 saturated heterocycles. The largest absolute Gasteiger partial charge is 0.496 e. The van der Waals surface area contributed by atoms with Crippen molar-refractivity contribution in [1.82, 2.24) is 4.98 Å². The first-order chi connectivity index (χ1) is 9.25. The monoisotopic (exact) mass is 254 g/mol. The zero-order valence-corrected chi connectivity index (χ0v) is 9.95. The summed E-state index contributed by atoms with van der Waals surface area (Å²) in [5.74, 6) is 0. The number of benzene rings is 1. The second-order valence-corrected chi connectivity index (χ2v) is 4.16. The molecule has 1 aliphatic rings. The molecule has 0 radical (unpaired) electrons. The van der Waals surface area contributed by atoms with Crippen molar-refractivity contribution in [3.8, 4) is 0 Å². The third-order valence-corrected chi connectivity index (χ3v) is 2.98. The van der Waals surface area contributed by atoms with Gasteiger partial charge in [-0.25, -0.2) is 0 Å². The van der Waals surface area contributed by atoms with Crippen LogP contribution in [0.4, 0.5) is 5.69 Å². The van der Waals surface area contributed by atoms with Crippen LogP contribution in [-0.4, -0.2) is 9.91 Å². The van der Waals surface area contributed by atoms with Crippen LogP contribution in [0.25, 0.3) is 5.57 Å². The summed E-state index contributed by atoms with van der Waals surface area (Å²) in [6, 6.07) is 10.3. The average molecular weight is 254 g/mol. The molecular weight excluding hydrogens is 244 g/mol. The molecule has 0 atom stereocenters. The molecule has 1 aliphatic heterocycles. The van der Waals surface area contributed by atoms with Gasteiger partial charge in [0.15, 0.2) is 0 Å². The lowest BCUT2D eigenvalue weighted by Gasteiger charge is -2.17. The molecule has 2 aromatic rings. The zero-order chi connectivity index (χ0) is 13.2. The lowest BCUT2D eigenvalue weighted by atomic mass is 9.96. The molecule has 5 heteroatoms. The Morgan fingerprint density at radius 2 is 2.16 bits per heavy atom. The molecule has 19 heavy (non-hydrogen) atoms. The van der Waals surface area contributed by atoms with Gasteiger partial charge in [-0.2, -0.15) is 0 Å². The Bertz CT molecular complexity index is 666. The summed E-state index contributed by atoms with van der Waals surface area (Å²) in [6.45, 7) is 0.420. The summed E-state index contributed by atoms with van der Waals surface area (Å²) in [5.41, 5.74) is 3.31. The second-order valence-electron chi connectivity index (χ2n) is 4.16. The zero-order valence-electron chi connectivity index (χ0n) is 9.95. The topological polar surface area (TPSA) is 65.3 Å². The first kappa shape index (κ1) is 11.4. The van der Waals surface area contributed by atoms with Crippen molar-refractivity contribution in [3.05, 3.63) is 75.8 Å². The van der Waals surface area contributed by atoms with Crippen molar-refractivity contribution in [1.29, 1.82) is 0 Å². The molecular formula is C14H10N2O3. The summed E-state index contributed by atoms with van der Waals surface area (Å²) in [5, 5.41) is 10.9. The predicted molar refractivity (Wildman–Crippen MR) is 69.2 cm³/mol. The van der Waals surface area contributed by atoms with Crippen LogP contribution in [0.15, 0.2) is 48.9 Å². The Morgan fingerprint density at radius 3 is 2.89 bits per heavy atom. The normalized spacial score (nSPS) is 13.2. The van der Waals surface area contributed by atoms with E-state index in [1.54, 1.807) is 24.6 Å². The van der Waals surface area contributed by atoms with E-state index in [2.05, 4.69) is 4.98 Å². The van der Waals surface area contributed by atoms with Crippen LogP contribution in [0.5, 0.6) is 0 Å². The van der Waals surface area contributed by atoms with Gasteiger partial charge in [0.25, 0.3) is 5.69 Å². The summed E-state index contributed by atoms with van der Waals surface area (Å²) in [6.07, 6.45) is 3.29. The number of aromatic nitrogens is 1. The maximum atomic E-state index is 10.9. The minimum atomic E-state index is -0.397. The van der Waals surface area contributed by atoms with Crippen LogP contribution in [0.1, 0.15) is 16.8 Å². The van der Waals surface area contributed by atoms with E-state index in [0.717, 1.165) is 22.4 Å². The number of nitrogens with zero attached hydrogens (tertiary/aromatic N) is 2. The fourth-order valence-electron chi connectivity index (χ4n) is 2.05. The van der Waals surface area contributed by atoms with Crippen LogP contribution < -0.4 is 0 Å². The maximum absolute atomic E-state index is 10.9. The molecule has 3 rings (SSSR count). The lowest BCUT2D eigenvalue weighted by Crippen LogP contribution is -2.04. The number of pyridine rings is 1. The molecule has 0 amide bonds. The summed E-state index contributed by atoms with van der Waals surface area (Å²) in [4.78, 5) is 14.7. The Morgan fingerprint density at radius 1 is 1.26 bits per heavy atom. The maximum Gasteiger partial charge on any atom is 0.270 e. The van der Waals surface area contributed by atoms with Crippen LogP contribution in [0.2, 0.25) is 0 Å². The van der Waals surface area contributed by atoms with E-state index in [0.29, 0.717) is 6.61 Å². The molecule has 1 aromatic carbocycles. The van der Waals surface area contributed by atoms with E-state index >= 15 is 0 Å². The van der Waals surface area contributed by atoms with Crippen molar-refractivity contribution in [2.75, 3.05) is 0 Å². The van der Waals surface area contributed by atoms with E-state index in [9.17, 15) is 10.1 Å². The van der Waals surface area contributed by atoms with Crippen molar-refractivity contribution in [3.63, 3.8) is 0 Å². The Labute approximate surface area is 109 Å². The number of rotatable bonds is 2. The number of nitro groups is 1. The van der Waals surface area contributed by atoms with Gasteiger partial charge in [-0.1, -0.05) is 6.07 Å². The molecule has 1 aromatic heterocycles. The molecule has 5 nitrogen and oxygen atoms in total. The van der Waals surface area contributed by atoms with E-state index < -0.39 is 4.92 Å². The van der Waals surface area contributed by atoms with Gasteiger partial charge < -0.3 is 4.74 Å². The average Bonchev–Trinajstić information content (AvgIpc) is 2.47. The highest BCUT2D eigenvalue weighted by Crippen LogP contribution is 2.32. The summed E-state index contributed by atoms with van der Waals surface area (Å²) < 4.78 is 5.39. The minimum Gasteiger partial charge on any atom is -0.496 e. The SMILES string of the molecule is O=[N+]([O-])c1ccc2c(c1)C(c1ccccn1)=COC2. The molecule has 94 valence electrons. The highest BCUT2D eigenvalue weighted by atomic mass is 16.6. The highest BCUT2D eigenvalue weighted by molar-refractivity contribution is 5.80. The fourth-order valence-corrected chi connectivity index (χ4v) is 2.05. The van der Waals surface area contributed by atoms with Crippen LogP contribution >= 0.6 is 0 Å². The van der Waals surface area contributed by atoms with Crippen LogP contribution in [-0.2, 0) is 11.3 Å². The molecule has 0 saturated carbocycles. The quantitative estimate of drug-likeness (QED) is 0.610. The van der Waals surface area contributed by atoms with Gasteiger partial charge in [0, 0.05) is 29.5 Å². The molecule has 0 N–H and O–H groups in total.